The van der Waals surface area contributed by atoms with Crippen LogP contribution in [0.4, 0.5) is 5.82 Å². The Kier molecular flexibility index (Phi) is 5.44. The van der Waals surface area contributed by atoms with E-state index in [0.717, 1.165) is 3.79 Å². The second kappa shape index (κ2) is 7.73. The number of rotatable bonds is 3. The van der Waals surface area contributed by atoms with Gasteiger partial charge in [0.25, 0.3) is 11.8 Å². The number of nitrogens with one attached hydrogen (secondary N) is 2. The summed E-state index contributed by atoms with van der Waals surface area (Å²) in [7, 11) is 0. The van der Waals surface area contributed by atoms with Crippen molar-refractivity contribution < 1.29 is 14.3 Å². The standard InChI is InChI=1S/C15H15BrN4O3S/c16-12-4-3-11(24-12)15(22)19-18-14(21)10-2-1-5-17-13(10)20-6-8-23-9-7-20/h1-5H,6-9H2,(H,18,21)(H,19,22). The number of amides is 2. The van der Waals surface area contributed by atoms with E-state index in [-0.39, 0.29) is 5.91 Å². The molecule has 1 saturated heterocycles. The third-order valence-electron chi connectivity index (χ3n) is 3.43. The molecule has 0 radical (unpaired) electrons. The summed E-state index contributed by atoms with van der Waals surface area (Å²) in [5.74, 6) is -0.184. The van der Waals surface area contributed by atoms with Gasteiger partial charge in [-0.25, -0.2) is 4.98 Å². The molecule has 2 aromatic heterocycles. The van der Waals surface area contributed by atoms with Crippen LogP contribution in [0.5, 0.6) is 0 Å². The zero-order valence-corrected chi connectivity index (χ0v) is 15.0. The summed E-state index contributed by atoms with van der Waals surface area (Å²) in [5.41, 5.74) is 5.27. The predicted molar refractivity (Wildman–Crippen MR) is 94.2 cm³/mol. The largest absolute Gasteiger partial charge is 0.378 e. The molecule has 0 aromatic carbocycles. The number of hydrazine groups is 1. The summed E-state index contributed by atoms with van der Waals surface area (Å²) in [6.07, 6.45) is 1.64. The summed E-state index contributed by atoms with van der Waals surface area (Å²) >= 11 is 4.59. The van der Waals surface area contributed by atoms with E-state index >= 15 is 0 Å². The molecule has 3 heterocycles. The molecule has 2 aromatic rings. The van der Waals surface area contributed by atoms with Crippen molar-refractivity contribution in [1.82, 2.24) is 15.8 Å². The number of thiophene rings is 1. The van der Waals surface area contributed by atoms with Crippen molar-refractivity contribution in [2.24, 2.45) is 0 Å². The maximum Gasteiger partial charge on any atom is 0.279 e. The number of ether oxygens (including phenoxy) is 1. The van der Waals surface area contributed by atoms with E-state index in [4.69, 9.17) is 4.74 Å². The molecule has 126 valence electrons. The number of pyridine rings is 1. The first-order valence-corrected chi connectivity index (χ1v) is 8.90. The molecular weight excluding hydrogens is 396 g/mol. The lowest BCUT2D eigenvalue weighted by molar-refractivity contribution is 0.0848. The van der Waals surface area contributed by atoms with Gasteiger partial charge in [-0.3, -0.25) is 20.4 Å². The van der Waals surface area contributed by atoms with Gasteiger partial charge in [0.15, 0.2) is 0 Å². The van der Waals surface area contributed by atoms with Gasteiger partial charge >= 0.3 is 0 Å². The van der Waals surface area contributed by atoms with E-state index in [1.807, 2.05) is 4.90 Å². The quantitative estimate of drug-likeness (QED) is 0.753. The van der Waals surface area contributed by atoms with E-state index in [1.165, 1.54) is 11.3 Å². The van der Waals surface area contributed by atoms with Crippen LogP contribution in [-0.2, 0) is 4.74 Å². The molecule has 1 aliphatic heterocycles. The molecule has 9 heteroatoms. The Morgan fingerprint density at radius 3 is 2.62 bits per heavy atom. The number of halogens is 1. The molecule has 0 saturated carbocycles. The molecule has 0 spiro atoms. The number of hydrogen-bond acceptors (Lipinski definition) is 6. The lowest BCUT2D eigenvalue weighted by Crippen LogP contribution is -2.43. The minimum absolute atomic E-state index is 0.365. The van der Waals surface area contributed by atoms with Crippen LogP contribution in [0.3, 0.4) is 0 Å². The number of anilines is 1. The molecular formula is C15H15BrN4O3S. The summed E-state index contributed by atoms with van der Waals surface area (Å²) in [6.45, 7) is 2.54. The molecule has 0 unspecified atom stereocenters. The zero-order valence-electron chi connectivity index (χ0n) is 12.6. The molecule has 1 fully saturated rings. The number of hydrogen-bond donors (Lipinski definition) is 2. The van der Waals surface area contributed by atoms with Crippen molar-refractivity contribution in [3.05, 3.63) is 44.7 Å². The van der Waals surface area contributed by atoms with E-state index in [1.54, 1.807) is 30.5 Å². The van der Waals surface area contributed by atoms with Crippen molar-refractivity contribution in [2.75, 3.05) is 31.2 Å². The summed E-state index contributed by atoms with van der Waals surface area (Å²) < 4.78 is 6.17. The third-order valence-corrected chi connectivity index (χ3v) is 5.05. The minimum Gasteiger partial charge on any atom is -0.378 e. The van der Waals surface area contributed by atoms with Gasteiger partial charge < -0.3 is 9.64 Å². The van der Waals surface area contributed by atoms with Gasteiger partial charge in [0, 0.05) is 19.3 Å². The molecule has 7 nitrogen and oxygen atoms in total. The van der Waals surface area contributed by atoms with Gasteiger partial charge in [-0.15, -0.1) is 11.3 Å². The Morgan fingerprint density at radius 1 is 1.17 bits per heavy atom. The summed E-state index contributed by atoms with van der Waals surface area (Å²) in [4.78, 5) is 31.2. The van der Waals surface area contributed by atoms with Crippen LogP contribution in [-0.4, -0.2) is 43.1 Å². The minimum atomic E-state index is -0.409. The molecule has 1 aliphatic rings. The van der Waals surface area contributed by atoms with Gasteiger partial charge in [0.1, 0.15) is 5.82 Å². The van der Waals surface area contributed by atoms with Gasteiger partial charge in [-0.2, -0.15) is 0 Å². The number of morpholine rings is 1. The summed E-state index contributed by atoms with van der Waals surface area (Å²) in [6, 6.07) is 6.83. The highest BCUT2D eigenvalue weighted by Gasteiger charge is 2.20. The van der Waals surface area contributed by atoms with E-state index in [0.29, 0.717) is 42.6 Å². The van der Waals surface area contributed by atoms with Crippen LogP contribution in [0, 0.1) is 0 Å². The highest BCUT2D eigenvalue weighted by atomic mass is 79.9. The fourth-order valence-corrected chi connectivity index (χ4v) is 3.56. The van der Waals surface area contributed by atoms with Crippen LogP contribution < -0.4 is 15.8 Å². The molecule has 3 rings (SSSR count). The van der Waals surface area contributed by atoms with Crippen LogP contribution in [0.15, 0.2) is 34.2 Å². The Morgan fingerprint density at radius 2 is 1.92 bits per heavy atom. The van der Waals surface area contributed by atoms with Crippen LogP contribution in [0.1, 0.15) is 20.0 Å². The second-order valence-electron chi connectivity index (χ2n) is 4.99. The van der Waals surface area contributed by atoms with Gasteiger partial charge in [-0.1, -0.05) is 0 Å². The fourth-order valence-electron chi connectivity index (χ4n) is 2.28. The van der Waals surface area contributed by atoms with Crippen molar-refractivity contribution in [2.45, 2.75) is 0 Å². The first-order chi connectivity index (χ1) is 11.6. The molecule has 2 N–H and O–H groups in total. The van der Waals surface area contributed by atoms with E-state index in [9.17, 15) is 9.59 Å². The molecule has 2 amide bonds. The van der Waals surface area contributed by atoms with Crippen LogP contribution >= 0.6 is 27.3 Å². The lowest BCUT2D eigenvalue weighted by Gasteiger charge is -2.29. The molecule has 24 heavy (non-hydrogen) atoms. The highest BCUT2D eigenvalue weighted by molar-refractivity contribution is 9.11. The second-order valence-corrected chi connectivity index (χ2v) is 7.45. The van der Waals surface area contributed by atoms with Gasteiger partial charge in [0.2, 0.25) is 0 Å². The smallest absolute Gasteiger partial charge is 0.279 e. The number of carbonyl (C=O) groups is 2. The number of carbonyl (C=O) groups excluding carboxylic acids is 2. The summed E-state index contributed by atoms with van der Waals surface area (Å²) in [5, 5.41) is 0. The molecule has 0 aliphatic carbocycles. The third kappa shape index (κ3) is 3.92. The van der Waals surface area contributed by atoms with Gasteiger partial charge in [-0.05, 0) is 40.2 Å². The fraction of sp³-hybridized carbons (Fsp3) is 0.267. The van der Waals surface area contributed by atoms with Crippen molar-refractivity contribution in [1.29, 1.82) is 0 Å². The Bertz CT molecular complexity index is 746. The maximum absolute atomic E-state index is 12.4. The first kappa shape index (κ1) is 16.9. The number of nitrogens with zero attached hydrogens (tertiary/aromatic N) is 2. The highest BCUT2D eigenvalue weighted by Crippen LogP contribution is 2.22. The predicted octanol–water partition coefficient (Wildman–Crippen LogP) is 1.82. The Labute approximate surface area is 151 Å². The van der Waals surface area contributed by atoms with E-state index < -0.39 is 5.91 Å². The Balaban J connectivity index is 1.67. The van der Waals surface area contributed by atoms with Gasteiger partial charge in [0.05, 0.1) is 27.4 Å². The van der Waals surface area contributed by atoms with Crippen LogP contribution in [0.25, 0.3) is 0 Å². The topological polar surface area (TPSA) is 83.6 Å². The van der Waals surface area contributed by atoms with Crippen molar-refractivity contribution >= 4 is 44.9 Å². The Hall–Kier alpha value is -1.97. The normalized spacial score (nSPS) is 14.3. The zero-order chi connectivity index (χ0) is 16.9. The van der Waals surface area contributed by atoms with Crippen molar-refractivity contribution in [3.8, 4) is 0 Å². The van der Waals surface area contributed by atoms with E-state index in [2.05, 4.69) is 31.8 Å². The average Bonchev–Trinajstić information content (AvgIpc) is 3.06. The maximum atomic E-state index is 12.4. The first-order valence-electron chi connectivity index (χ1n) is 7.29. The average molecular weight is 411 g/mol. The van der Waals surface area contributed by atoms with Crippen molar-refractivity contribution in [3.63, 3.8) is 0 Å². The monoisotopic (exact) mass is 410 g/mol. The molecule has 0 atom stereocenters. The lowest BCUT2D eigenvalue weighted by atomic mass is 10.2. The molecule has 0 bridgehead atoms. The van der Waals surface area contributed by atoms with Crippen LogP contribution in [0.2, 0.25) is 0 Å². The number of aromatic nitrogens is 1. The SMILES string of the molecule is O=C(NNC(=O)c1cccnc1N1CCOCC1)c1ccc(Br)s1.